The van der Waals surface area contributed by atoms with Crippen molar-refractivity contribution < 1.29 is 4.39 Å². The summed E-state index contributed by atoms with van der Waals surface area (Å²) in [5.74, 6) is -0.202. The van der Waals surface area contributed by atoms with Crippen LogP contribution in [0.4, 0.5) is 4.39 Å². The smallest absolute Gasteiger partial charge is 0.134 e. The van der Waals surface area contributed by atoms with Crippen molar-refractivity contribution in [3.63, 3.8) is 0 Å². The molecule has 87 valence electrons. The zero-order valence-corrected chi connectivity index (χ0v) is 9.83. The summed E-state index contributed by atoms with van der Waals surface area (Å²) in [6.07, 6.45) is 3.98. The van der Waals surface area contributed by atoms with Crippen LogP contribution in [0.1, 0.15) is 24.0 Å². The molecule has 0 aromatic heterocycles. The second kappa shape index (κ2) is 6.19. The van der Waals surface area contributed by atoms with Crippen molar-refractivity contribution in [1.82, 2.24) is 0 Å². The largest absolute Gasteiger partial charge is 0.206 e. The van der Waals surface area contributed by atoms with Gasteiger partial charge in [-0.25, -0.2) is 4.39 Å². The average molecular weight is 227 g/mol. The zero-order chi connectivity index (χ0) is 11.9. The molecule has 1 heteroatoms. The molecule has 0 aliphatic carbocycles. The van der Waals surface area contributed by atoms with Crippen molar-refractivity contribution in [2.45, 2.75) is 25.7 Å². The van der Waals surface area contributed by atoms with Crippen LogP contribution in [0.2, 0.25) is 0 Å². The summed E-state index contributed by atoms with van der Waals surface area (Å²) in [7, 11) is 0. The molecule has 0 atom stereocenters. The quantitative estimate of drug-likeness (QED) is 0.672. The first-order chi connectivity index (χ1) is 8.36. The Bertz CT molecular complexity index is 448. The first-order valence-corrected chi connectivity index (χ1v) is 6.05. The third-order valence-corrected chi connectivity index (χ3v) is 2.89. The van der Waals surface area contributed by atoms with E-state index in [4.69, 9.17) is 0 Å². The van der Waals surface area contributed by atoms with Crippen molar-refractivity contribution in [3.8, 4) is 0 Å². The van der Waals surface area contributed by atoms with Gasteiger partial charge in [0.25, 0.3) is 0 Å². The number of rotatable bonds is 5. The van der Waals surface area contributed by atoms with Gasteiger partial charge in [0, 0.05) is 6.07 Å². The summed E-state index contributed by atoms with van der Waals surface area (Å²) in [4.78, 5) is 0. The molecule has 0 spiro atoms. The Kier molecular flexibility index (Phi) is 4.31. The molecule has 0 amide bonds. The van der Waals surface area contributed by atoms with E-state index in [0.29, 0.717) is 0 Å². The molecule has 0 aliphatic heterocycles. The van der Waals surface area contributed by atoms with Gasteiger partial charge in [0.05, 0.1) is 0 Å². The van der Waals surface area contributed by atoms with Crippen molar-refractivity contribution in [2.24, 2.45) is 0 Å². The van der Waals surface area contributed by atoms with Crippen LogP contribution in [0.3, 0.4) is 0 Å². The topological polar surface area (TPSA) is 0 Å². The van der Waals surface area contributed by atoms with E-state index in [2.05, 4.69) is 30.3 Å². The fourth-order valence-corrected chi connectivity index (χ4v) is 1.93. The van der Waals surface area contributed by atoms with Crippen LogP contribution in [0.5, 0.6) is 0 Å². The van der Waals surface area contributed by atoms with Gasteiger partial charge in [-0.05, 0) is 36.8 Å². The Morgan fingerprint density at radius 1 is 0.882 bits per heavy atom. The van der Waals surface area contributed by atoms with Crippen LogP contribution in [-0.4, -0.2) is 0 Å². The number of halogens is 1. The molecule has 0 N–H and O–H groups in total. The summed E-state index contributed by atoms with van der Waals surface area (Å²) < 4.78 is 13.3. The third-order valence-electron chi connectivity index (χ3n) is 2.89. The fraction of sp³-hybridized carbons (Fsp3) is 0.250. The lowest BCUT2D eigenvalue weighted by Crippen LogP contribution is -1.92. The fourth-order valence-electron chi connectivity index (χ4n) is 1.93. The molecule has 0 unspecified atom stereocenters. The van der Waals surface area contributed by atoms with Gasteiger partial charge < -0.3 is 0 Å². The van der Waals surface area contributed by atoms with Crippen molar-refractivity contribution >= 4 is 0 Å². The van der Waals surface area contributed by atoms with Crippen LogP contribution >= 0.6 is 0 Å². The highest BCUT2D eigenvalue weighted by atomic mass is 19.1. The van der Waals surface area contributed by atoms with Gasteiger partial charge in [0.2, 0.25) is 0 Å². The number of benzene rings is 2. The predicted molar refractivity (Wildman–Crippen MR) is 68.3 cm³/mol. The maximum absolute atomic E-state index is 13.3. The molecule has 0 aliphatic rings. The van der Waals surface area contributed by atoms with Crippen LogP contribution in [0.25, 0.3) is 0 Å². The molecule has 2 aromatic carbocycles. The molecule has 17 heavy (non-hydrogen) atoms. The van der Waals surface area contributed by atoms with E-state index < -0.39 is 0 Å². The Labute approximate surface area is 102 Å². The van der Waals surface area contributed by atoms with Gasteiger partial charge in [0.15, 0.2) is 0 Å². The average Bonchev–Trinajstić information content (AvgIpc) is 2.38. The molecule has 0 saturated heterocycles. The van der Waals surface area contributed by atoms with Crippen molar-refractivity contribution in [3.05, 3.63) is 71.5 Å². The molecular formula is C16H16F. The second-order valence-corrected chi connectivity index (χ2v) is 4.20. The van der Waals surface area contributed by atoms with Gasteiger partial charge in [-0.2, -0.15) is 0 Å². The van der Waals surface area contributed by atoms with Gasteiger partial charge in [0.1, 0.15) is 5.82 Å². The Balaban J connectivity index is 1.76. The van der Waals surface area contributed by atoms with Crippen LogP contribution < -0.4 is 0 Å². The predicted octanol–water partition coefficient (Wildman–Crippen LogP) is 4.19. The molecule has 2 aromatic rings. The van der Waals surface area contributed by atoms with Gasteiger partial charge in [-0.3, -0.25) is 0 Å². The molecule has 0 heterocycles. The van der Waals surface area contributed by atoms with E-state index in [-0.39, 0.29) is 5.82 Å². The molecular weight excluding hydrogens is 211 g/mol. The normalized spacial score (nSPS) is 10.4. The highest BCUT2D eigenvalue weighted by Gasteiger charge is 2.00. The van der Waals surface area contributed by atoms with E-state index in [1.807, 2.05) is 18.2 Å². The van der Waals surface area contributed by atoms with Gasteiger partial charge >= 0.3 is 0 Å². The minimum Gasteiger partial charge on any atom is -0.206 e. The summed E-state index contributed by atoms with van der Waals surface area (Å²) in [5, 5.41) is 0. The van der Waals surface area contributed by atoms with E-state index in [1.165, 1.54) is 5.56 Å². The third kappa shape index (κ3) is 3.70. The molecule has 0 nitrogen and oxygen atoms in total. The first kappa shape index (κ1) is 11.8. The maximum atomic E-state index is 13.3. The number of hydrogen-bond acceptors (Lipinski definition) is 0. The Morgan fingerprint density at radius 2 is 1.65 bits per heavy atom. The molecule has 0 bridgehead atoms. The van der Waals surface area contributed by atoms with Crippen LogP contribution in [0, 0.1) is 11.9 Å². The lowest BCUT2D eigenvalue weighted by molar-refractivity contribution is 0.598. The van der Waals surface area contributed by atoms with Crippen molar-refractivity contribution in [2.75, 3.05) is 0 Å². The summed E-state index contributed by atoms with van der Waals surface area (Å²) >= 11 is 0. The summed E-state index contributed by atoms with van der Waals surface area (Å²) in [5.41, 5.74) is 2.13. The number of aryl methyl sites for hydroxylation is 2. The van der Waals surface area contributed by atoms with E-state index in [0.717, 1.165) is 31.2 Å². The molecule has 0 saturated carbocycles. The first-order valence-electron chi connectivity index (χ1n) is 6.05. The number of unbranched alkanes of at least 4 members (excludes halogenated alkanes) is 1. The van der Waals surface area contributed by atoms with Crippen molar-refractivity contribution in [1.29, 1.82) is 0 Å². The molecule has 1 radical (unpaired) electrons. The standard InChI is InChI=1S/C16H16F/c17-16-13-7-6-12-15(16)11-5-4-10-14-8-2-1-3-9-14/h1-3,6-9,12H,4-5,10-11H2. The van der Waals surface area contributed by atoms with E-state index in [1.54, 1.807) is 6.07 Å². The van der Waals surface area contributed by atoms with Gasteiger partial charge in [-0.15, -0.1) is 0 Å². The SMILES string of the molecule is Fc1[c]cccc1CCCCc1ccccc1. The maximum Gasteiger partial charge on any atom is 0.134 e. The lowest BCUT2D eigenvalue weighted by Gasteiger charge is -2.03. The van der Waals surface area contributed by atoms with Crippen LogP contribution in [-0.2, 0) is 12.8 Å². The minimum absolute atomic E-state index is 0.202. The number of hydrogen-bond donors (Lipinski definition) is 0. The van der Waals surface area contributed by atoms with Crippen LogP contribution in [0.15, 0.2) is 48.5 Å². The second-order valence-electron chi connectivity index (χ2n) is 4.20. The highest BCUT2D eigenvalue weighted by molar-refractivity contribution is 5.17. The molecule has 0 fully saturated rings. The van der Waals surface area contributed by atoms with E-state index in [9.17, 15) is 4.39 Å². The zero-order valence-electron chi connectivity index (χ0n) is 9.83. The lowest BCUT2D eigenvalue weighted by atomic mass is 10.0. The van der Waals surface area contributed by atoms with E-state index >= 15 is 0 Å². The highest BCUT2D eigenvalue weighted by Crippen LogP contribution is 2.11. The van der Waals surface area contributed by atoms with Gasteiger partial charge in [-0.1, -0.05) is 48.5 Å². The minimum atomic E-state index is -0.202. The monoisotopic (exact) mass is 227 g/mol. The molecule has 2 rings (SSSR count). The summed E-state index contributed by atoms with van der Waals surface area (Å²) in [6.45, 7) is 0. The summed E-state index contributed by atoms with van der Waals surface area (Å²) in [6, 6.07) is 18.3. The Morgan fingerprint density at radius 3 is 2.41 bits per heavy atom. The Hall–Kier alpha value is -1.63.